The quantitative estimate of drug-likeness (QED) is 0.944. The lowest BCUT2D eigenvalue weighted by Gasteiger charge is -2.20. The van der Waals surface area contributed by atoms with Crippen LogP contribution in [0.3, 0.4) is 0 Å². The highest BCUT2D eigenvalue weighted by Gasteiger charge is 2.30. The molecule has 0 unspecified atom stereocenters. The minimum atomic E-state index is -3.62. The maximum atomic E-state index is 12.8. The second-order valence-electron chi connectivity index (χ2n) is 4.91. The van der Waals surface area contributed by atoms with Gasteiger partial charge >= 0.3 is 0 Å². The van der Waals surface area contributed by atoms with E-state index in [1.807, 2.05) is 0 Å². The van der Waals surface area contributed by atoms with Gasteiger partial charge in [0.1, 0.15) is 0 Å². The lowest BCUT2D eigenvalue weighted by atomic mass is 10.2. The summed E-state index contributed by atoms with van der Waals surface area (Å²) in [5.41, 5.74) is 2.18. The highest BCUT2D eigenvalue weighted by molar-refractivity contribution is 7.92. The minimum Gasteiger partial charge on any atom is -0.392 e. The summed E-state index contributed by atoms with van der Waals surface area (Å²) in [6, 6.07) is 11.6. The third kappa shape index (κ3) is 2.52. The molecule has 0 fully saturated rings. The number of anilines is 1. The highest BCUT2D eigenvalue weighted by atomic mass is 35.5. The zero-order chi connectivity index (χ0) is 15.0. The van der Waals surface area contributed by atoms with Crippen molar-refractivity contribution < 1.29 is 13.5 Å². The highest BCUT2D eigenvalue weighted by Crippen LogP contribution is 2.34. The summed E-state index contributed by atoms with van der Waals surface area (Å²) in [6.07, 6.45) is 0.648. The van der Waals surface area contributed by atoms with E-state index in [-0.39, 0.29) is 11.5 Å². The van der Waals surface area contributed by atoms with Crippen LogP contribution in [0.1, 0.15) is 11.1 Å². The molecule has 2 aromatic rings. The number of rotatable bonds is 3. The largest absolute Gasteiger partial charge is 0.392 e. The van der Waals surface area contributed by atoms with Crippen LogP contribution in [0.2, 0.25) is 5.02 Å². The van der Waals surface area contributed by atoms with E-state index in [1.54, 1.807) is 36.4 Å². The Hall–Kier alpha value is -1.56. The van der Waals surface area contributed by atoms with Gasteiger partial charge in [0.2, 0.25) is 0 Å². The second kappa shape index (κ2) is 5.33. The molecule has 21 heavy (non-hydrogen) atoms. The number of hydrogen-bond acceptors (Lipinski definition) is 3. The first-order valence-corrected chi connectivity index (χ1v) is 8.35. The zero-order valence-electron chi connectivity index (χ0n) is 11.2. The molecular formula is C15H14ClNO3S. The van der Waals surface area contributed by atoms with Crippen LogP contribution in [0, 0.1) is 0 Å². The molecule has 0 amide bonds. The Bertz CT molecular complexity index is 789. The van der Waals surface area contributed by atoms with E-state index in [4.69, 9.17) is 16.7 Å². The Morgan fingerprint density at radius 3 is 2.76 bits per heavy atom. The molecule has 0 radical (unpaired) electrons. The average Bonchev–Trinajstić information content (AvgIpc) is 2.91. The van der Waals surface area contributed by atoms with E-state index in [0.29, 0.717) is 29.2 Å². The van der Waals surface area contributed by atoms with Crippen molar-refractivity contribution in [3.63, 3.8) is 0 Å². The molecule has 1 heterocycles. The molecular weight excluding hydrogens is 310 g/mol. The molecule has 0 saturated carbocycles. The number of aliphatic hydroxyl groups is 1. The summed E-state index contributed by atoms with van der Waals surface area (Å²) in [4.78, 5) is 0.192. The van der Waals surface area contributed by atoms with E-state index in [0.717, 1.165) is 5.56 Å². The number of benzene rings is 2. The summed E-state index contributed by atoms with van der Waals surface area (Å²) in [5.74, 6) is 0. The Balaban J connectivity index is 2.05. The molecule has 0 spiro atoms. The summed E-state index contributed by atoms with van der Waals surface area (Å²) >= 11 is 5.95. The van der Waals surface area contributed by atoms with Crippen LogP contribution in [0.15, 0.2) is 47.4 Å². The molecule has 0 aromatic heterocycles. The van der Waals surface area contributed by atoms with Crippen LogP contribution in [-0.4, -0.2) is 20.1 Å². The van der Waals surface area contributed by atoms with Crippen molar-refractivity contribution in [3.05, 3.63) is 58.6 Å². The Labute approximate surface area is 128 Å². The third-order valence-electron chi connectivity index (χ3n) is 3.56. The second-order valence-corrected chi connectivity index (χ2v) is 7.20. The molecule has 4 nitrogen and oxygen atoms in total. The van der Waals surface area contributed by atoms with Crippen molar-refractivity contribution in [3.8, 4) is 0 Å². The zero-order valence-corrected chi connectivity index (χ0v) is 12.7. The summed E-state index contributed by atoms with van der Waals surface area (Å²) in [7, 11) is -3.62. The molecule has 2 aromatic carbocycles. The first kappa shape index (κ1) is 14.4. The van der Waals surface area contributed by atoms with Crippen LogP contribution < -0.4 is 4.31 Å². The normalized spacial score (nSPS) is 14.3. The van der Waals surface area contributed by atoms with Gasteiger partial charge in [0.05, 0.1) is 17.2 Å². The van der Waals surface area contributed by atoms with Gasteiger partial charge in [0.25, 0.3) is 10.0 Å². The number of nitrogens with zero attached hydrogens (tertiary/aromatic N) is 1. The van der Waals surface area contributed by atoms with Gasteiger partial charge < -0.3 is 5.11 Å². The molecule has 0 saturated heterocycles. The van der Waals surface area contributed by atoms with E-state index in [1.165, 1.54) is 10.4 Å². The van der Waals surface area contributed by atoms with Crippen LogP contribution in [-0.2, 0) is 23.1 Å². The van der Waals surface area contributed by atoms with Crippen molar-refractivity contribution in [1.29, 1.82) is 0 Å². The van der Waals surface area contributed by atoms with Crippen LogP contribution >= 0.6 is 11.6 Å². The molecule has 3 rings (SSSR count). The number of fused-ring (bicyclic) bond motifs is 1. The maximum absolute atomic E-state index is 12.8. The van der Waals surface area contributed by atoms with Gasteiger partial charge in [0, 0.05) is 11.6 Å². The van der Waals surface area contributed by atoms with Crippen molar-refractivity contribution in [1.82, 2.24) is 0 Å². The van der Waals surface area contributed by atoms with Crippen molar-refractivity contribution in [2.45, 2.75) is 17.9 Å². The Kier molecular flexibility index (Phi) is 3.65. The Morgan fingerprint density at radius 2 is 2.00 bits per heavy atom. The molecule has 0 bridgehead atoms. The fourth-order valence-electron chi connectivity index (χ4n) is 2.52. The minimum absolute atomic E-state index is 0.185. The van der Waals surface area contributed by atoms with Gasteiger partial charge in [-0.25, -0.2) is 8.42 Å². The average molecular weight is 324 g/mol. The van der Waals surface area contributed by atoms with Crippen LogP contribution in [0.25, 0.3) is 0 Å². The topological polar surface area (TPSA) is 57.6 Å². The van der Waals surface area contributed by atoms with Gasteiger partial charge in [-0.3, -0.25) is 4.31 Å². The lowest BCUT2D eigenvalue weighted by molar-refractivity contribution is 0.281. The van der Waals surface area contributed by atoms with E-state index in [2.05, 4.69) is 0 Å². The van der Waals surface area contributed by atoms with Gasteiger partial charge in [-0.15, -0.1) is 0 Å². The summed E-state index contributed by atoms with van der Waals surface area (Å²) in [6.45, 7) is 0.219. The monoisotopic (exact) mass is 323 g/mol. The van der Waals surface area contributed by atoms with Crippen molar-refractivity contribution in [2.75, 3.05) is 10.8 Å². The summed E-state index contributed by atoms with van der Waals surface area (Å²) in [5, 5.41) is 9.77. The van der Waals surface area contributed by atoms with Gasteiger partial charge in [-0.05, 0) is 47.9 Å². The smallest absolute Gasteiger partial charge is 0.264 e. The standard InChI is InChI=1S/C15H14ClNO3S/c16-13-4-5-15-12(9-13)6-7-17(15)21(19,20)14-3-1-2-11(8-14)10-18/h1-5,8-9,18H,6-7,10H2. The number of hydrogen-bond donors (Lipinski definition) is 1. The molecule has 110 valence electrons. The number of halogens is 1. The van der Waals surface area contributed by atoms with Crippen LogP contribution in [0.5, 0.6) is 0 Å². The predicted molar refractivity (Wildman–Crippen MR) is 82.1 cm³/mol. The molecule has 1 aliphatic rings. The summed E-state index contributed by atoms with van der Waals surface area (Å²) < 4.78 is 26.9. The Morgan fingerprint density at radius 1 is 1.19 bits per heavy atom. The molecule has 0 atom stereocenters. The van der Waals surface area contributed by atoms with Gasteiger partial charge in [-0.2, -0.15) is 0 Å². The molecule has 0 aliphatic carbocycles. The SMILES string of the molecule is O=S(=O)(c1cccc(CO)c1)N1CCc2cc(Cl)ccc21. The first-order valence-electron chi connectivity index (χ1n) is 6.53. The van der Waals surface area contributed by atoms with Gasteiger partial charge in [-0.1, -0.05) is 23.7 Å². The molecule has 6 heteroatoms. The van der Waals surface area contributed by atoms with E-state index >= 15 is 0 Å². The van der Waals surface area contributed by atoms with E-state index in [9.17, 15) is 8.42 Å². The lowest BCUT2D eigenvalue weighted by Crippen LogP contribution is -2.29. The first-order chi connectivity index (χ1) is 10.0. The number of sulfonamides is 1. The van der Waals surface area contributed by atoms with Crippen molar-refractivity contribution in [2.24, 2.45) is 0 Å². The fraction of sp³-hybridized carbons (Fsp3) is 0.200. The maximum Gasteiger partial charge on any atom is 0.264 e. The van der Waals surface area contributed by atoms with Crippen molar-refractivity contribution >= 4 is 27.3 Å². The number of aliphatic hydroxyl groups excluding tert-OH is 1. The van der Waals surface area contributed by atoms with E-state index < -0.39 is 10.0 Å². The predicted octanol–water partition coefficient (Wildman–Crippen LogP) is 2.58. The fourth-order valence-corrected chi connectivity index (χ4v) is 4.29. The molecule has 1 aliphatic heterocycles. The van der Waals surface area contributed by atoms with Crippen LogP contribution in [0.4, 0.5) is 5.69 Å². The van der Waals surface area contributed by atoms with Gasteiger partial charge in [0.15, 0.2) is 0 Å². The molecule has 1 N–H and O–H groups in total. The third-order valence-corrected chi connectivity index (χ3v) is 5.61.